The van der Waals surface area contributed by atoms with Crippen LogP contribution in [0.3, 0.4) is 0 Å². The van der Waals surface area contributed by atoms with Crippen LogP contribution in [0.15, 0.2) is 11.4 Å². The van der Waals surface area contributed by atoms with Crippen molar-refractivity contribution < 1.29 is 29.6 Å². The summed E-state index contributed by atoms with van der Waals surface area (Å²) >= 11 is 1.12. The number of ether oxygens (including phenoxy) is 1. The van der Waals surface area contributed by atoms with Gasteiger partial charge in [-0.1, -0.05) is 11.8 Å². The van der Waals surface area contributed by atoms with Crippen LogP contribution in [0.25, 0.3) is 0 Å². The lowest BCUT2D eigenvalue weighted by molar-refractivity contribution is -0.156. The number of nitrogens with zero attached hydrogens (tertiary/aromatic N) is 2. The molecule has 3 N–H and O–H groups in total. The van der Waals surface area contributed by atoms with E-state index in [2.05, 4.69) is 14.7 Å². The summed E-state index contributed by atoms with van der Waals surface area (Å²) in [6.07, 6.45) is -0.985. The molecule has 0 aromatic carbocycles. The number of aliphatic hydroxyl groups excluding tert-OH is 2. The highest BCUT2D eigenvalue weighted by Crippen LogP contribution is 2.22. The lowest BCUT2D eigenvalue weighted by atomic mass is 10.0. The van der Waals surface area contributed by atoms with Crippen molar-refractivity contribution in [1.29, 1.82) is 0 Å². The van der Waals surface area contributed by atoms with E-state index in [1.165, 1.54) is 0 Å². The fourth-order valence-electron chi connectivity index (χ4n) is 1.28. The van der Waals surface area contributed by atoms with Crippen LogP contribution >= 0.6 is 11.8 Å². The Balaban J connectivity index is 3.18. The molecule has 1 heterocycles. The molecule has 9 heteroatoms. The molecule has 0 amide bonds. The monoisotopic (exact) mass is 288 g/mol. The Hall–Kier alpha value is -1.71. The number of methoxy groups -OCH3 is 1. The first-order valence-electron chi connectivity index (χ1n) is 5.00. The highest BCUT2D eigenvalue weighted by Gasteiger charge is 2.31. The van der Waals surface area contributed by atoms with E-state index in [-0.39, 0.29) is 10.7 Å². The van der Waals surface area contributed by atoms with Gasteiger partial charge in [0.05, 0.1) is 7.11 Å². The zero-order valence-corrected chi connectivity index (χ0v) is 10.9. The molecule has 0 spiro atoms. The summed E-state index contributed by atoms with van der Waals surface area (Å²) in [5.74, 6) is -2.48. The smallest absolute Gasteiger partial charge is 0.355 e. The molecule has 0 radical (unpaired) electrons. The third kappa shape index (κ3) is 3.40. The Morgan fingerprint density at radius 3 is 2.53 bits per heavy atom. The van der Waals surface area contributed by atoms with Gasteiger partial charge in [-0.3, -0.25) is 0 Å². The van der Waals surface area contributed by atoms with Crippen molar-refractivity contribution in [3.8, 4) is 0 Å². The maximum absolute atomic E-state index is 11.1. The topological polar surface area (TPSA) is 130 Å². The summed E-state index contributed by atoms with van der Waals surface area (Å²) in [5, 5.41) is 28.5. The third-order valence-corrected chi connectivity index (χ3v) is 2.80. The molecule has 104 valence electrons. The molecule has 1 aromatic heterocycles. The molecule has 0 fully saturated rings. The maximum Gasteiger partial charge on any atom is 0.355 e. The second kappa shape index (κ2) is 6.45. The summed E-state index contributed by atoms with van der Waals surface area (Å²) in [6, 6.07) is 0. The van der Waals surface area contributed by atoms with Crippen LogP contribution in [-0.2, 0) is 9.53 Å². The number of rotatable bonds is 5. The van der Waals surface area contributed by atoms with Crippen LogP contribution < -0.4 is 0 Å². The lowest BCUT2D eigenvalue weighted by Gasteiger charge is -2.17. The van der Waals surface area contributed by atoms with Crippen molar-refractivity contribution in [2.24, 2.45) is 0 Å². The highest BCUT2D eigenvalue weighted by atomic mass is 32.2. The molecule has 0 bridgehead atoms. The Labute approximate surface area is 112 Å². The van der Waals surface area contributed by atoms with E-state index in [9.17, 15) is 19.8 Å². The van der Waals surface area contributed by atoms with Crippen LogP contribution in [-0.4, -0.2) is 56.7 Å². The first-order chi connectivity index (χ1) is 8.92. The number of aromatic nitrogens is 2. The van der Waals surface area contributed by atoms with Crippen molar-refractivity contribution >= 4 is 23.7 Å². The number of carboxylic acids is 1. The quantitative estimate of drug-likeness (QED) is 0.371. The standard InChI is InChI=1S/C10H12N2O6S/c1-18-9(17)7(14)6(13)4-3-11-10(19-2)12-5(4)8(15)16/h3,6-7,13-14H,1-2H3,(H,15,16). The minimum Gasteiger partial charge on any atom is -0.476 e. The van der Waals surface area contributed by atoms with Gasteiger partial charge in [-0.25, -0.2) is 19.6 Å². The summed E-state index contributed by atoms with van der Waals surface area (Å²) in [4.78, 5) is 29.7. The predicted molar refractivity (Wildman–Crippen MR) is 63.8 cm³/mol. The molecule has 0 aliphatic rings. The largest absolute Gasteiger partial charge is 0.476 e. The van der Waals surface area contributed by atoms with Crippen LogP contribution in [0, 0.1) is 0 Å². The number of hydrogen-bond donors (Lipinski definition) is 3. The van der Waals surface area contributed by atoms with Gasteiger partial charge in [0, 0.05) is 11.8 Å². The summed E-state index contributed by atoms with van der Waals surface area (Å²) in [7, 11) is 1.03. The highest BCUT2D eigenvalue weighted by molar-refractivity contribution is 7.98. The van der Waals surface area contributed by atoms with E-state index in [0.29, 0.717) is 0 Å². The van der Waals surface area contributed by atoms with E-state index in [1.807, 2.05) is 0 Å². The van der Waals surface area contributed by atoms with Crippen LogP contribution in [0.5, 0.6) is 0 Å². The van der Waals surface area contributed by atoms with Crippen molar-refractivity contribution in [2.45, 2.75) is 17.4 Å². The normalized spacial score (nSPS) is 13.7. The van der Waals surface area contributed by atoms with Gasteiger partial charge in [0.1, 0.15) is 6.10 Å². The summed E-state index contributed by atoms with van der Waals surface area (Å²) < 4.78 is 4.26. The number of carboxylic acid groups (broad SMARTS) is 1. The van der Waals surface area contributed by atoms with Gasteiger partial charge >= 0.3 is 11.9 Å². The average Bonchev–Trinajstić information content (AvgIpc) is 2.43. The first-order valence-corrected chi connectivity index (χ1v) is 6.23. The molecule has 19 heavy (non-hydrogen) atoms. The molecule has 8 nitrogen and oxygen atoms in total. The number of hydrogen-bond acceptors (Lipinski definition) is 8. The van der Waals surface area contributed by atoms with E-state index in [1.54, 1.807) is 6.26 Å². The fourth-order valence-corrected chi connectivity index (χ4v) is 1.62. The van der Waals surface area contributed by atoms with Gasteiger partial charge < -0.3 is 20.1 Å². The van der Waals surface area contributed by atoms with Gasteiger partial charge in [0.25, 0.3) is 0 Å². The molecule has 0 saturated carbocycles. The van der Waals surface area contributed by atoms with E-state index >= 15 is 0 Å². The second-order valence-corrected chi connectivity index (χ2v) is 4.15. The Morgan fingerprint density at radius 2 is 2.05 bits per heavy atom. The Bertz CT molecular complexity index is 495. The van der Waals surface area contributed by atoms with Gasteiger partial charge in [-0.05, 0) is 6.26 Å². The van der Waals surface area contributed by atoms with Crippen LogP contribution in [0.2, 0.25) is 0 Å². The predicted octanol–water partition coefficient (Wildman–Crippen LogP) is -0.536. The first kappa shape index (κ1) is 15.3. The van der Waals surface area contributed by atoms with Crippen molar-refractivity contribution in [1.82, 2.24) is 9.97 Å². The zero-order valence-electron chi connectivity index (χ0n) is 10.1. The van der Waals surface area contributed by atoms with Crippen LogP contribution in [0.1, 0.15) is 22.2 Å². The fraction of sp³-hybridized carbons (Fsp3) is 0.400. The zero-order chi connectivity index (χ0) is 14.6. The number of thioether (sulfide) groups is 1. The number of aliphatic hydroxyl groups is 2. The number of esters is 1. The lowest BCUT2D eigenvalue weighted by Crippen LogP contribution is -2.30. The maximum atomic E-state index is 11.1. The molecule has 0 saturated heterocycles. The second-order valence-electron chi connectivity index (χ2n) is 3.38. The molecule has 2 atom stereocenters. The minimum absolute atomic E-state index is 0.195. The van der Waals surface area contributed by atoms with E-state index in [4.69, 9.17) is 5.11 Å². The average molecular weight is 288 g/mol. The SMILES string of the molecule is COC(=O)C(O)C(O)c1cnc(SC)nc1C(=O)O. The van der Waals surface area contributed by atoms with Gasteiger partial charge in [0.2, 0.25) is 0 Å². The molecule has 1 rings (SSSR count). The Kier molecular flexibility index (Phi) is 5.21. The number of carbonyl (C=O) groups excluding carboxylic acids is 1. The van der Waals surface area contributed by atoms with Crippen LogP contribution in [0.4, 0.5) is 0 Å². The summed E-state index contributed by atoms with van der Waals surface area (Å²) in [6.45, 7) is 0. The Morgan fingerprint density at radius 1 is 1.42 bits per heavy atom. The number of carbonyl (C=O) groups is 2. The van der Waals surface area contributed by atoms with Crippen molar-refractivity contribution in [2.75, 3.05) is 13.4 Å². The van der Waals surface area contributed by atoms with E-state index < -0.39 is 29.8 Å². The van der Waals surface area contributed by atoms with Gasteiger partial charge in [-0.2, -0.15) is 0 Å². The number of aromatic carboxylic acids is 1. The molecule has 2 unspecified atom stereocenters. The molecular weight excluding hydrogens is 276 g/mol. The van der Waals surface area contributed by atoms with Gasteiger partial charge in [0.15, 0.2) is 17.0 Å². The molecule has 0 aliphatic heterocycles. The van der Waals surface area contributed by atoms with Gasteiger partial charge in [-0.15, -0.1) is 0 Å². The minimum atomic E-state index is -1.91. The van der Waals surface area contributed by atoms with Crippen molar-refractivity contribution in [3.63, 3.8) is 0 Å². The molecule has 0 aliphatic carbocycles. The summed E-state index contributed by atoms with van der Waals surface area (Å²) in [5.41, 5.74) is -0.738. The third-order valence-electron chi connectivity index (χ3n) is 2.24. The molecule has 1 aromatic rings. The van der Waals surface area contributed by atoms with E-state index in [0.717, 1.165) is 25.1 Å². The molecular formula is C10H12N2O6S. The van der Waals surface area contributed by atoms with Crippen molar-refractivity contribution in [3.05, 3.63) is 17.5 Å².